The third kappa shape index (κ3) is 8.28. The molecule has 0 aliphatic carbocycles. The number of rotatable bonds is 2. The third-order valence-electron chi connectivity index (χ3n) is 5.86. The van der Waals surface area contributed by atoms with Crippen LogP contribution in [0.4, 0.5) is 0 Å². The van der Waals surface area contributed by atoms with Gasteiger partial charge in [-0.25, -0.2) is 0 Å². The molecule has 11 heteroatoms. The van der Waals surface area contributed by atoms with Crippen molar-refractivity contribution in [1.29, 1.82) is 0 Å². The van der Waals surface area contributed by atoms with Gasteiger partial charge < -0.3 is 25.8 Å². The fourth-order valence-corrected chi connectivity index (χ4v) is 6.12. The van der Waals surface area contributed by atoms with Crippen LogP contribution in [-0.4, -0.2) is 64.6 Å². The summed E-state index contributed by atoms with van der Waals surface area (Å²) in [4.78, 5) is 52.4. The molecule has 2 aliphatic heterocycles. The maximum atomic E-state index is 13.4. The number of carbonyl (C=O) groups is 4. The Morgan fingerprint density at radius 3 is 2.44 bits per heavy atom. The van der Waals surface area contributed by atoms with Gasteiger partial charge in [0.25, 0.3) is 0 Å². The summed E-state index contributed by atoms with van der Waals surface area (Å²) in [5.41, 5.74) is 0.553. The van der Waals surface area contributed by atoms with Crippen molar-refractivity contribution >= 4 is 45.3 Å². The summed E-state index contributed by atoms with van der Waals surface area (Å²) >= 11 is 0. The van der Waals surface area contributed by atoms with E-state index in [1.165, 1.54) is 10.8 Å². The fourth-order valence-electron chi connectivity index (χ4n) is 3.96. The molecule has 2 aliphatic rings. The second kappa shape index (κ2) is 13.7. The van der Waals surface area contributed by atoms with Crippen molar-refractivity contribution in [3.05, 3.63) is 48.0 Å². The number of aliphatic hydroxyl groups is 1. The van der Waals surface area contributed by atoms with Crippen molar-refractivity contribution < 1.29 is 29.0 Å². The Hall–Kier alpha value is -2.50. The van der Waals surface area contributed by atoms with E-state index in [1.54, 1.807) is 47.2 Å². The van der Waals surface area contributed by atoms with E-state index in [0.717, 1.165) is 5.75 Å². The molecule has 1 aromatic rings. The van der Waals surface area contributed by atoms with Gasteiger partial charge in [0.05, 0.1) is 25.0 Å². The highest BCUT2D eigenvalue weighted by Crippen LogP contribution is 2.25. The summed E-state index contributed by atoms with van der Waals surface area (Å²) in [6.45, 7) is 3.65. The maximum Gasteiger partial charge on any atom is 0.309 e. The summed E-state index contributed by atoms with van der Waals surface area (Å²) in [6.07, 6.45) is 1.59. The van der Waals surface area contributed by atoms with Crippen LogP contribution >= 0.6 is 21.6 Å². The van der Waals surface area contributed by atoms with Crippen LogP contribution in [0.25, 0.3) is 0 Å². The number of fused-ring (bicyclic) bond motifs is 7. The molecule has 1 saturated heterocycles. The van der Waals surface area contributed by atoms with Gasteiger partial charge in [0.15, 0.2) is 0 Å². The quantitative estimate of drug-likeness (QED) is 0.256. The second-order valence-electron chi connectivity index (χ2n) is 9.08. The largest absolute Gasteiger partial charge is 0.457 e. The molecule has 0 radical (unpaired) electrons. The molecule has 196 valence electrons. The number of aliphatic hydroxyl groups excluding tert-OH is 1. The van der Waals surface area contributed by atoms with Gasteiger partial charge in [-0.3, -0.25) is 19.2 Å². The van der Waals surface area contributed by atoms with E-state index in [9.17, 15) is 24.3 Å². The molecule has 4 N–H and O–H groups in total. The van der Waals surface area contributed by atoms with Gasteiger partial charge in [-0.15, -0.1) is 0 Å². The lowest BCUT2D eigenvalue weighted by Crippen LogP contribution is -2.56. The Bertz CT molecular complexity index is 958. The van der Waals surface area contributed by atoms with Crippen molar-refractivity contribution in [3.8, 4) is 0 Å². The predicted octanol–water partition coefficient (Wildman–Crippen LogP) is 1.88. The zero-order chi connectivity index (χ0) is 26.1. The van der Waals surface area contributed by atoms with Crippen molar-refractivity contribution in [2.24, 2.45) is 5.92 Å². The van der Waals surface area contributed by atoms with Crippen LogP contribution in [0, 0.1) is 5.92 Å². The van der Waals surface area contributed by atoms with Gasteiger partial charge in [0.2, 0.25) is 17.7 Å². The van der Waals surface area contributed by atoms with E-state index < -0.39 is 54.0 Å². The first-order valence-corrected chi connectivity index (χ1v) is 14.5. The Morgan fingerprint density at radius 1 is 0.972 bits per heavy atom. The van der Waals surface area contributed by atoms with Crippen LogP contribution < -0.4 is 16.0 Å². The molecule has 1 aromatic carbocycles. The van der Waals surface area contributed by atoms with E-state index in [4.69, 9.17) is 4.74 Å². The van der Waals surface area contributed by atoms with Crippen molar-refractivity contribution in [2.75, 3.05) is 11.5 Å². The minimum atomic E-state index is -1.20. The number of carbonyl (C=O) groups excluding carboxylic acids is 4. The molecule has 2 bridgehead atoms. The second-order valence-corrected chi connectivity index (χ2v) is 11.7. The molecule has 5 atom stereocenters. The standard InChI is InChI=1S/C25H33N3O6S2/c1-15(2)22-19(29)13-21(31)34-17-10-6-7-11-35-36-14-18(24(32)28-22)26-25(33)23(27-20(30)12-17)16-8-4-3-5-9-16/h3-6,8-10,15,17-19,22-23,29H,7,11-14H2,1-2H3,(H,26,33)(H,27,30)(H,28,32)/b10-6+/t17-,18-,19+,22-,23-/m1/s1. The molecule has 1 fully saturated rings. The zero-order valence-electron chi connectivity index (χ0n) is 20.3. The van der Waals surface area contributed by atoms with Crippen LogP contribution in [0.1, 0.15) is 44.7 Å². The van der Waals surface area contributed by atoms with Gasteiger partial charge in [0.1, 0.15) is 18.2 Å². The van der Waals surface area contributed by atoms with Gasteiger partial charge >= 0.3 is 5.97 Å². The Balaban J connectivity index is 2.03. The lowest BCUT2D eigenvalue weighted by molar-refractivity contribution is -0.151. The smallest absolute Gasteiger partial charge is 0.309 e. The summed E-state index contributed by atoms with van der Waals surface area (Å²) in [5, 5.41) is 19.1. The molecule has 0 unspecified atom stereocenters. The van der Waals surface area contributed by atoms with Crippen molar-refractivity contribution in [2.45, 2.75) is 63.4 Å². The van der Waals surface area contributed by atoms with Crippen LogP contribution in [-0.2, 0) is 23.9 Å². The number of amides is 3. The third-order valence-corrected chi connectivity index (χ3v) is 8.30. The van der Waals surface area contributed by atoms with Crippen molar-refractivity contribution in [3.63, 3.8) is 0 Å². The first-order chi connectivity index (χ1) is 17.2. The van der Waals surface area contributed by atoms with Crippen LogP contribution in [0.5, 0.6) is 0 Å². The topological polar surface area (TPSA) is 134 Å². The molecule has 3 rings (SSSR count). The predicted molar refractivity (Wildman–Crippen MR) is 140 cm³/mol. The molecule has 3 amide bonds. The van der Waals surface area contributed by atoms with E-state index in [0.29, 0.717) is 12.0 Å². The van der Waals surface area contributed by atoms with E-state index in [2.05, 4.69) is 16.0 Å². The van der Waals surface area contributed by atoms with Gasteiger partial charge in [-0.05, 0) is 24.0 Å². The highest BCUT2D eigenvalue weighted by molar-refractivity contribution is 8.76. The van der Waals surface area contributed by atoms with Crippen molar-refractivity contribution in [1.82, 2.24) is 16.0 Å². The molecule has 2 heterocycles. The minimum Gasteiger partial charge on any atom is -0.457 e. The zero-order valence-corrected chi connectivity index (χ0v) is 22.0. The molecule has 9 nitrogen and oxygen atoms in total. The van der Waals surface area contributed by atoms with E-state index in [1.807, 2.05) is 19.9 Å². The SMILES string of the molecule is CC(C)[C@H]1NC(=O)[C@H]2CSSCC/C=C/[C@H](CC(=O)N[C@H](c3ccccc3)C(=O)N2)OC(=O)C[C@@H]1O. The molecule has 0 saturated carbocycles. The fraction of sp³-hybridized carbons (Fsp3) is 0.520. The highest BCUT2D eigenvalue weighted by Gasteiger charge is 2.33. The van der Waals surface area contributed by atoms with Crippen LogP contribution in [0.2, 0.25) is 0 Å². The minimum absolute atomic E-state index is 0.189. The Morgan fingerprint density at radius 2 is 1.72 bits per heavy atom. The average molecular weight is 536 g/mol. The summed E-state index contributed by atoms with van der Waals surface area (Å²) in [6, 6.07) is 6.04. The number of hydrogen-bond donors (Lipinski definition) is 4. The normalized spacial score (nSPS) is 30.1. The summed E-state index contributed by atoms with van der Waals surface area (Å²) in [7, 11) is 3.01. The number of benzene rings is 1. The summed E-state index contributed by atoms with van der Waals surface area (Å²) in [5.74, 6) is -1.35. The first kappa shape index (κ1) is 28.1. The molecule has 0 aromatic heterocycles. The maximum absolute atomic E-state index is 13.4. The van der Waals surface area contributed by atoms with Crippen LogP contribution in [0.3, 0.4) is 0 Å². The first-order valence-electron chi connectivity index (χ1n) is 12.0. The van der Waals surface area contributed by atoms with Gasteiger partial charge in [-0.2, -0.15) is 0 Å². The number of hydrogen-bond acceptors (Lipinski definition) is 8. The molecular weight excluding hydrogens is 502 g/mol. The number of allylic oxidation sites excluding steroid dienone is 1. The van der Waals surface area contributed by atoms with Gasteiger partial charge in [0, 0.05) is 11.5 Å². The van der Waals surface area contributed by atoms with Crippen LogP contribution in [0.15, 0.2) is 42.5 Å². The molecule has 36 heavy (non-hydrogen) atoms. The van der Waals surface area contributed by atoms with Gasteiger partial charge in [-0.1, -0.05) is 71.8 Å². The number of nitrogens with one attached hydrogen (secondary N) is 3. The Kier molecular flexibility index (Phi) is 10.7. The lowest BCUT2D eigenvalue weighted by Gasteiger charge is -2.29. The number of ether oxygens (including phenoxy) is 1. The lowest BCUT2D eigenvalue weighted by atomic mass is 9.96. The Labute approximate surface area is 219 Å². The van der Waals surface area contributed by atoms with E-state index >= 15 is 0 Å². The number of esters is 1. The monoisotopic (exact) mass is 535 g/mol. The molecular formula is C25H33N3O6S2. The molecule has 0 spiro atoms. The average Bonchev–Trinajstić information content (AvgIpc) is 2.83. The van der Waals surface area contributed by atoms with E-state index in [-0.39, 0.29) is 24.5 Å². The highest BCUT2D eigenvalue weighted by atomic mass is 33.1. The summed E-state index contributed by atoms with van der Waals surface area (Å²) < 4.78 is 5.53.